The van der Waals surface area contributed by atoms with Crippen molar-refractivity contribution in [2.75, 3.05) is 11.9 Å². The minimum atomic E-state index is -4.53. The second-order valence-corrected chi connectivity index (χ2v) is 5.19. The number of urea groups is 1. The first-order valence-corrected chi connectivity index (χ1v) is 7.21. The number of carbonyl (C=O) groups excluding carboxylic acids is 1. The van der Waals surface area contributed by atoms with Crippen LogP contribution in [0.25, 0.3) is 5.69 Å². The van der Waals surface area contributed by atoms with Crippen LogP contribution in [-0.4, -0.2) is 33.6 Å². The summed E-state index contributed by atoms with van der Waals surface area (Å²) in [5.41, 5.74) is -0.600. The van der Waals surface area contributed by atoms with E-state index in [4.69, 9.17) is 5.11 Å². The molecular formula is C15H17F3N4O2. The monoisotopic (exact) mass is 342 g/mol. The fourth-order valence-corrected chi connectivity index (χ4v) is 2.07. The Hall–Kier alpha value is -2.55. The zero-order valence-electron chi connectivity index (χ0n) is 12.8. The zero-order chi connectivity index (χ0) is 17.7. The maximum Gasteiger partial charge on any atom is 0.416 e. The van der Waals surface area contributed by atoms with Crippen LogP contribution in [0.3, 0.4) is 0 Å². The molecule has 0 saturated heterocycles. The highest BCUT2D eigenvalue weighted by Gasteiger charge is 2.31. The van der Waals surface area contributed by atoms with Crippen molar-refractivity contribution in [2.24, 2.45) is 0 Å². The van der Waals surface area contributed by atoms with Gasteiger partial charge in [-0.05, 0) is 37.6 Å². The van der Waals surface area contributed by atoms with Gasteiger partial charge in [0.05, 0.1) is 16.9 Å². The summed E-state index contributed by atoms with van der Waals surface area (Å²) in [6.45, 7) is 1.57. The molecule has 0 aliphatic rings. The SMILES string of the molecule is C[C@H](CCO)NC(=O)Nc1cc(C(F)(F)F)ccc1-n1cccn1. The van der Waals surface area contributed by atoms with Gasteiger partial charge in [0.2, 0.25) is 0 Å². The molecule has 0 aliphatic heterocycles. The number of aromatic nitrogens is 2. The Balaban J connectivity index is 2.29. The van der Waals surface area contributed by atoms with Gasteiger partial charge in [-0.15, -0.1) is 0 Å². The molecule has 3 N–H and O–H groups in total. The van der Waals surface area contributed by atoms with Gasteiger partial charge < -0.3 is 15.7 Å². The summed E-state index contributed by atoms with van der Waals surface area (Å²) in [7, 11) is 0. The summed E-state index contributed by atoms with van der Waals surface area (Å²) < 4.78 is 40.1. The first-order chi connectivity index (χ1) is 11.3. The largest absolute Gasteiger partial charge is 0.416 e. The Morgan fingerprint density at radius 3 is 2.75 bits per heavy atom. The zero-order valence-corrected chi connectivity index (χ0v) is 12.8. The number of halogens is 3. The predicted octanol–water partition coefficient (Wildman–Crippen LogP) is 2.78. The summed E-state index contributed by atoms with van der Waals surface area (Å²) in [6, 6.07) is 3.65. The van der Waals surface area contributed by atoms with Crippen molar-refractivity contribution >= 4 is 11.7 Å². The van der Waals surface area contributed by atoms with Crippen LogP contribution in [0.2, 0.25) is 0 Å². The van der Waals surface area contributed by atoms with Gasteiger partial charge in [0.25, 0.3) is 0 Å². The molecule has 24 heavy (non-hydrogen) atoms. The molecule has 0 radical (unpaired) electrons. The number of nitrogens with zero attached hydrogens (tertiary/aromatic N) is 2. The number of anilines is 1. The molecule has 130 valence electrons. The van der Waals surface area contributed by atoms with Crippen LogP contribution in [0.1, 0.15) is 18.9 Å². The maximum atomic E-state index is 12.9. The van der Waals surface area contributed by atoms with Gasteiger partial charge in [-0.3, -0.25) is 0 Å². The molecule has 0 spiro atoms. The molecule has 0 saturated carbocycles. The number of carbonyl (C=O) groups is 1. The van der Waals surface area contributed by atoms with E-state index >= 15 is 0 Å². The molecule has 9 heteroatoms. The number of benzene rings is 1. The highest BCUT2D eigenvalue weighted by molar-refractivity contribution is 5.91. The van der Waals surface area contributed by atoms with Crippen molar-refractivity contribution in [3.05, 3.63) is 42.2 Å². The molecule has 0 aliphatic carbocycles. The Morgan fingerprint density at radius 1 is 1.42 bits per heavy atom. The number of aliphatic hydroxyl groups is 1. The van der Waals surface area contributed by atoms with E-state index in [-0.39, 0.29) is 18.3 Å². The number of aliphatic hydroxyl groups excluding tert-OH is 1. The van der Waals surface area contributed by atoms with E-state index in [0.717, 1.165) is 12.1 Å². The summed E-state index contributed by atoms with van der Waals surface area (Å²) in [4.78, 5) is 12.0. The fraction of sp³-hybridized carbons (Fsp3) is 0.333. The van der Waals surface area contributed by atoms with Gasteiger partial charge in [0.1, 0.15) is 0 Å². The van der Waals surface area contributed by atoms with Crippen molar-refractivity contribution in [1.82, 2.24) is 15.1 Å². The third-order valence-electron chi connectivity index (χ3n) is 3.26. The molecule has 1 aromatic heterocycles. The number of amides is 2. The normalized spacial score (nSPS) is 12.7. The van der Waals surface area contributed by atoms with E-state index in [1.807, 2.05) is 0 Å². The lowest BCUT2D eigenvalue weighted by Crippen LogP contribution is -2.36. The van der Waals surface area contributed by atoms with Gasteiger partial charge in [0.15, 0.2) is 0 Å². The van der Waals surface area contributed by atoms with E-state index in [9.17, 15) is 18.0 Å². The molecule has 0 fully saturated rings. The topological polar surface area (TPSA) is 79.2 Å². The Labute approximate surface area is 136 Å². The highest BCUT2D eigenvalue weighted by atomic mass is 19.4. The fourth-order valence-electron chi connectivity index (χ4n) is 2.07. The van der Waals surface area contributed by atoms with Crippen molar-refractivity contribution in [3.8, 4) is 5.69 Å². The summed E-state index contributed by atoms with van der Waals surface area (Å²) in [6.07, 6.45) is -1.16. The standard InChI is InChI=1S/C15H17F3N4O2/c1-10(5-8-23)20-14(24)21-12-9-11(15(16,17)18)3-4-13(12)22-7-2-6-19-22/h2-4,6-7,9-10,23H,5,8H2,1H3,(H2,20,21,24)/t10-/m1/s1. The average Bonchev–Trinajstić information content (AvgIpc) is 3.00. The summed E-state index contributed by atoms with van der Waals surface area (Å²) >= 11 is 0. The van der Waals surface area contributed by atoms with E-state index < -0.39 is 17.8 Å². The van der Waals surface area contributed by atoms with Crippen molar-refractivity contribution in [1.29, 1.82) is 0 Å². The van der Waals surface area contributed by atoms with Gasteiger partial charge in [0, 0.05) is 25.0 Å². The molecule has 2 amide bonds. The van der Waals surface area contributed by atoms with Crippen molar-refractivity contribution < 1.29 is 23.1 Å². The van der Waals surface area contributed by atoms with E-state index in [2.05, 4.69) is 15.7 Å². The third kappa shape index (κ3) is 4.48. The maximum absolute atomic E-state index is 12.9. The molecule has 0 unspecified atom stereocenters. The van der Waals surface area contributed by atoms with Gasteiger partial charge in [-0.1, -0.05) is 0 Å². The van der Waals surface area contributed by atoms with Crippen LogP contribution in [0, 0.1) is 0 Å². The number of hydrogen-bond donors (Lipinski definition) is 3. The Bertz CT molecular complexity index is 687. The highest BCUT2D eigenvalue weighted by Crippen LogP contribution is 2.33. The Morgan fingerprint density at radius 2 is 2.17 bits per heavy atom. The molecule has 1 heterocycles. The second-order valence-electron chi connectivity index (χ2n) is 5.19. The van der Waals surface area contributed by atoms with Crippen LogP contribution in [0.15, 0.2) is 36.7 Å². The second kappa shape index (κ2) is 7.35. The molecule has 2 rings (SSSR count). The number of alkyl halides is 3. The molecule has 0 bridgehead atoms. The van der Waals surface area contributed by atoms with Crippen LogP contribution in [-0.2, 0) is 6.18 Å². The van der Waals surface area contributed by atoms with E-state index in [0.29, 0.717) is 12.1 Å². The van der Waals surface area contributed by atoms with Gasteiger partial charge in [-0.2, -0.15) is 18.3 Å². The Kier molecular flexibility index (Phi) is 5.45. The average molecular weight is 342 g/mol. The molecule has 1 atom stereocenters. The number of hydrogen-bond acceptors (Lipinski definition) is 3. The quantitative estimate of drug-likeness (QED) is 0.782. The van der Waals surface area contributed by atoms with Crippen molar-refractivity contribution in [2.45, 2.75) is 25.6 Å². The van der Waals surface area contributed by atoms with Crippen LogP contribution in [0.5, 0.6) is 0 Å². The lowest BCUT2D eigenvalue weighted by molar-refractivity contribution is -0.137. The lowest BCUT2D eigenvalue weighted by atomic mass is 10.1. The first kappa shape index (κ1) is 17.8. The molecule has 2 aromatic rings. The summed E-state index contributed by atoms with van der Waals surface area (Å²) in [5, 5.41) is 17.7. The van der Waals surface area contributed by atoms with Gasteiger partial charge in [-0.25, -0.2) is 9.48 Å². The number of nitrogens with one attached hydrogen (secondary N) is 2. The van der Waals surface area contributed by atoms with Crippen LogP contribution >= 0.6 is 0 Å². The lowest BCUT2D eigenvalue weighted by Gasteiger charge is -2.17. The third-order valence-corrected chi connectivity index (χ3v) is 3.26. The smallest absolute Gasteiger partial charge is 0.396 e. The van der Waals surface area contributed by atoms with E-state index in [1.54, 1.807) is 19.2 Å². The molecule has 1 aromatic carbocycles. The number of rotatable bonds is 5. The predicted molar refractivity (Wildman–Crippen MR) is 81.9 cm³/mol. The molecular weight excluding hydrogens is 325 g/mol. The minimum absolute atomic E-state index is 0.0257. The van der Waals surface area contributed by atoms with Crippen LogP contribution in [0.4, 0.5) is 23.7 Å². The van der Waals surface area contributed by atoms with Gasteiger partial charge >= 0.3 is 12.2 Å². The minimum Gasteiger partial charge on any atom is -0.396 e. The summed E-state index contributed by atoms with van der Waals surface area (Å²) in [5.74, 6) is 0. The first-order valence-electron chi connectivity index (χ1n) is 7.21. The van der Waals surface area contributed by atoms with Crippen LogP contribution < -0.4 is 10.6 Å². The van der Waals surface area contributed by atoms with Crippen molar-refractivity contribution in [3.63, 3.8) is 0 Å². The van der Waals surface area contributed by atoms with E-state index in [1.165, 1.54) is 16.9 Å². The molecule has 6 nitrogen and oxygen atoms in total.